The van der Waals surface area contributed by atoms with Crippen LogP contribution in [0.4, 0.5) is 4.39 Å². The van der Waals surface area contributed by atoms with Gasteiger partial charge in [0.25, 0.3) is 5.56 Å². The van der Waals surface area contributed by atoms with E-state index in [1.54, 1.807) is 16.7 Å². The second-order valence-electron chi connectivity index (χ2n) is 8.21. The molecule has 0 saturated heterocycles. The first-order valence-corrected chi connectivity index (χ1v) is 12.6. The van der Waals surface area contributed by atoms with Crippen molar-refractivity contribution < 1.29 is 4.39 Å². The summed E-state index contributed by atoms with van der Waals surface area (Å²) in [6.45, 7) is 4.88. The predicted octanol–water partition coefficient (Wildman–Crippen LogP) is 5.65. The van der Waals surface area contributed by atoms with Crippen LogP contribution in [0.5, 0.6) is 0 Å². The van der Waals surface area contributed by atoms with Crippen LogP contribution in [0.1, 0.15) is 26.0 Å². The van der Waals surface area contributed by atoms with E-state index in [0.29, 0.717) is 29.4 Å². The summed E-state index contributed by atoms with van der Waals surface area (Å²) < 4.78 is 16.9. The number of rotatable bonds is 7. The third-order valence-electron chi connectivity index (χ3n) is 5.40. The Bertz CT molecular complexity index is 1490. The van der Waals surface area contributed by atoms with Crippen LogP contribution in [-0.4, -0.2) is 24.1 Å². The molecule has 0 spiro atoms. The highest BCUT2D eigenvalue weighted by molar-refractivity contribution is 7.98. The molecule has 0 saturated carbocycles. The quantitative estimate of drug-likeness (QED) is 0.283. The van der Waals surface area contributed by atoms with Gasteiger partial charge in [-0.25, -0.2) is 9.37 Å². The van der Waals surface area contributed by atoms with E-state index >= 15 is 0 Å². The molecule has 5 rings (SSSR count). The number of fused-ring (bicyclic) bond motifs is 3. The lowest BCUT2D eigenvalue weighted by Crippen LogP contribution is -2.24. The zero-order chi connectivity index (χ0) is 22.9. The Morgan fingerprint density at radius 2 is 1.88 bits per heavy atom. The zero-order valence-corrected chi connectivity index (χ0v) is 19.9. The van der Waals surface area contributed by atoms with Crippen molar-refractivity contribution in [3.05, 3.63) is 75.8 Å². The van der Waals surface area contributed by atoms with E-state index in [2.05, 4.69) is 24.0 Å². The molecule has 3 aromatic heterocycles. The number of nitrogens with zero attached hydrogens (tertiary/aromatic N) is 5. The van der Waals surface area contributed by atoms with Gasteiger partial charge in [-0.3, -0.25) is 13.8 Å². The van der Waals surface area contributed by atoms with Gasteiger partial charge in [0.1, 0.15) is 10.8 Å². The third kappa shape index (κ3) is 4.30. The number of para-hydroxylation sites is 1. The number of halogens is 1. The summed E-state index contributed by atoms with van der Waals surface area (Å²) in [6.07, 6.45) is 0.883. The summed E-state index contributed by atoms with van der Waals surface area (Å²) in [5.74, 6) is 1.38. The molecule has 0 fully saturated rings. The van der Waals surface area contributed by atoms with Crippen LogP contribution in [0.3, 0.4) is 0 Å². The van der Waals surface area contributed by atoms with Crippen LogP contribution in [0, 0.1) is 11.7 Å². The molecule has 5 aromatic rings. The summed E-state index contributed by atoms with van der Waals surface area (Å²) in [5.41, 5.74) is 2.58. The maximum Gasteiger partial charge on any atom is 0.262 e. The molecule has 0 bridgehead atoms. The number of thioether (sulfide) groups is 1. The van der Waals surface area contributed by atoms with Gasteiger partial charge in [-0.15, -0.1) is 21.5 Å². The van der Waals surface area contributed by atoms with Crippen LogP contribution < -0.4 is 5.56 Å². The van der Waals surface area contributed by atoms with Gasteiger partial charge >= 0.3 is 0 Å². The first-order chi connectivity index (χ1) is 16.0. The van der Waals surface area contributed by atoms with Crippen molar-refractivity contribution in [3.8, 4) is 10.6 Å². The highest BCUT2D eigenvalue weighted by Crippen LogP contribution is 2.29. The molecule has 0 aliphatic heterocycles. The molecule has 9 heteroatoms. The van der Waals surface area contributed by atoms with Gasteiger partial charge in [0.05, 0.1) is 16.6 Å². The van der Waals surface area contributed by atoms with Crippen molar-refractivity contribution in [3.63, 3.8) is 0 Å². The molecule has 0 aliphatic carbocycles. The molecule has 6 nitrogen and oxygen atoms in total. The molecule has 168 valence electrons. The molecule has 2 aromatic carbocycles. The molecule has 0 atom stereocenters. The van der Waals surface area contributed by atoms with Gasteiger partial charge < -0.3 is 0 Å². The third-order valence-corrected chi connectivity index (χ3v) is 7.30. The highest BCUT2D eigenvalue weighted by atomic mass is 32.2. The van der Waals surface area contributed by atoms with Crippen LogP contribution in [0.25, 0.3) is 27.3 Å². The monoisotopic (exact) mass is 479 g/mol. The smallest absolute Gasteiger partial charge is 0.262 e. The average Bonchev–Trinajstić information content (AvgIpc) is 3.45. The fourth-order valence-electron chi connectivity index (χ4n) is 3.65. The largest absolute Gasteiger partial charge is 0.276 e. The lowest BCUT2D eigenvalue weighted by atomic mass is 10.1. The van der Waals surface area contributed by atoms with Crippen molar-refractivity contribution >= 4 is 39.8 Å². The Morgan fingerprint density at radius 3 is 2.67 bits per heavy atom. The number of aryl methyl sites for hydroxylation is 1. The molecular formula is C24H22FN5OS2. The maximum absolute atomic E-state index is 13.2. The van der Waals surface area contributed by atoms with Gasteiger partial charge in [-0.05, 0) is 48.7 Å². The Kier molecular flexibility index (Phi) is 5.99. The van der Waals surface area contributed by atoms with E-state index in [0.717, 1.165) is 33.4 Å². The van der Waals surface area contributed by atoms with E-state index in [-0.39, 0.29) is 11.4 Å². The molecule has 0 aliphatic rings. The first-order valence-electron chi connectivity index (χ1n) is 10.7. The Balaban J connectivity index is 1.48. The minimum absolute atomic E-state index is 0.0360. The second-order valence-corrected chi connectivity index (χ2v) is 10.0. The molecule has 33 heavy (non-hydrogen) atoms. The van der Waals surface area contributed by atoms with Crippen LogP contribution in [-0.2, 0) is 12.3 Å². The summed E-state index contributed by atoms with van der Waals surface area (Å²) in [7, 11) is 0. The van der Waals surface area contributed by atoms with E-state index in [1.165, 1.54) is 35.2 Å². The Hall–Kier alpha value is -3.04. The second kappa shape index (κ2) is 9.07. The predicted molar refractivity (Wildman–Crippen MR) is 131 cm³/mol. The van der Waals surface area contributed by atoms with Crippen LogP contribution >= 0.6 is 23.1 Å². The topological polar surface area (TPSA) is 65.1 Å². The van der Waals surface area contributed by atoms with Crippen molar-refractivity contribution in [2.45, 2.75) is 37.7 Å². The van der Waals surface area contributed by atoms with Gasteiger partial charge in [0.2, 0.25) is 5.78 Å². The van der Waals surface area contributed by atoms with Crippen molar-refractivity contribution in [2.75, 3.05) is 0 Å². The number of benzene rings is 2. The molecular weight excluding hydrogens is 457 g/mol. The summed E-state index contributed by atoms with van der Waals surface area (Å²) in [6, 6.07) is 13.9. The summed E-state index contributed by atoms with van der Waals surface area (Å²) in [5, 5.41) is 13.0. The molecule has 0 unspecified atom stereocenters. The normalized spacial score (nSPS) is 11.8. The van der Waals surface area contributed by atoms with Gasteiger partial charge in [0, 0.05) is 23.2 Å². The number of hydrogen-bond donors (Lipinski definition) is 0. The summed E-state index contributed by atoms with van der Waals surface area (Å²) >= 11 is 3.06. The van der Waals surface area contributed by atoms with Gasteiger partial charge in [0.15, 0.2) is 5.16 Å². The summed E-state index contributed by atoms with van der Waals surface area (Å²) in [4.78, 5) is 17.8. The minimum Gasteiger partial charge on any atom is -0.276 e. The van der Waals surface area contributed by atoms with Crippen LogP contribution in [0.15, 0.2) is 63.9 Å². The Labute approximate surface area is 198 Å². The van der Waals surface area contributed by atoms with Crippen molar-refractivity contribution in [1.29, 1.82) is 0 Å². The van der Waals surface area contributed by atoms with Crippen LogP contribution in [0.2, 0.25) is 0 Å². The minimum atomic E-state index is -0.260. The molecule has 0 amide bonds. The van der Waals surface area contributed by atoms with Gasteiger partial charge in [-0.1, -0.05) is 37.7 Å². The van der Waals surface area contributed by atoms with E-state index in [9.17, 15) is 9.18 Å². The maximum atomic E-state index is 13.2. The standard InChI is InChI=1S/C24H22FN5OS2/c1-15(2)11-12-29-22(31)19-5-3-4-6-20(19)30-23(29)27-28-24(30)33-14-18-13-32-21(26-18)16-7-9-17(25)10-8-16/h3-10,13,15H,11-12,14H2,1-2H3. The number of thiazole rings is 1. The Morgan fingerprint density at radius 1 is 1.09 bits per heavy atom. The van der Waals surface area contributed by atoms with Gasteiger partial charge in [-0.2, -0.15) is 0 Å². The highest BCUT2D eigenvalue weighted by Gasteiger charge is 2.17. The van der Waals surface area contributed by atoms with Crippen molar-refractivity contribution in [1.82, 2.24) is 24.1 Å². The zero-order valence-electron chi connectivity index (χ0n) is 18.2. The SMILES string of the molecule is CC(C)CCn1c(=O)c2ccccc2n2c(SCc3csc(-c4ccc(F)cc4)n3)nnc12. The number of aromatic nitrogens is 5. The molecule has 0 radical (unpaired) electrons. The fraction of sp³-hybridized carbons (Fsp3) is 0.250. The lowest BCUT2D eigenvalue weighted by Gasteiger charge is -2.12. The average molecular weight is 480 g/mol. The van der Waals surface area contributed by atoms with E-state index in [1.807, 2.05) is 34.0 Å². The first kappa shape index (κ1) is 21.8. The van der Waals surface area contributed by atoms with Crippen molar-refractivity contribution in [2.24, 2.45) is 5.92 Å². The van der Waals surface area contributed by atoms with E-state index in [4.69, 9.17) is 4.98 Å². The fourth-order valence-corrected chi connectivity index (χ4v) is 5.42. The lowest BCUT2D eigenvalue weighted by molar-refractivity contribution is 0.512. The molecule has 3 heterocycles. The molecule has 0 N–H and O–H groups in total. The van der Waals surface area contributed by atoms with E-state index < -0.39 is 0 Å². The number of hydrogen-bond acceptors (Lipinski definition) is 6.